The molecule has 0 aliphatic heterocycles. The molecule has 1 amide bonds. The summed E-state index contributed by atoms with van der Waals surface area (Å²) in [7, 11) is 0. The maximum Gasteiger partial charge on any atom is 0.256 e. The zero-order valence-corrected chi connectivity index (χ0v) is 14.5. The Bertz CT molecular complexity index is 857. The number of nitrogens with zero attached hydrogens (tertiary/aromatic N) is 2. The van der Waals surface area contributed by atoms with Gasteiger partial charge in [0.1, 0.15) is 5.82 Å². The van der Waals surface area contributed by atoms with Crippen LogP contribution in [0.15, 0.2) is 59.1 Å². The zero-order valence-electron chi connectivity index (χ0n) is 13.0. The molecular weight excluding hydrogens is 373 g/mol. The lowest BCUT2D eigenvalue weighted by Gasteiger charge is -2.05. The fraction of sp³-hybridized carbons (Fsp3) is 0.111. The van der Waals surface area contributed by atoms with Crippen LogP contribution in [0, 0.1) is 12.7 Å². The quantitative estimate of drug-likeness (QED) is 0.721. The molecule has 122 valence electrons. The predicted molar refractivity (Wildman–Crippen MR) is 94.6 cm³/mol. The predicted octanol–water partition coefficient (Wildman–Crippen LogP) is 4.39. The van der Waals surface area contributed by atoms with Gasteiger partial charge in [-0.2, -0.15) is 5.10 Å². The second-order valence-electron chi connectivity index (χ2n) is 5.42. The van der Waals surface area contributed by atoms with Crippen molar-refractivity contribution >= 4 is 27.7 Å². The van der Waals surface area contributed by atoms with Gasteiger partial charge in [-0.1, -0.05) is 28.1 Å². The minimum absolute atomic E-state index is 0.214. The first-order valence-corrected chi connectivity index (χ1v) is 8.16. The Balaban J connectivity index is 1.72. The number of carbonyl (C=O) groups is 1. The highest BCUT2D eigenvalue weighted by Crippen LogP contribution is 2.15. The number of halogens is 2. The third-order valence-electron chi connectivity index (χ3n) is 3.57. The summed E-state index contributed by atoms with van der Waals surface area (Å²) in [6.45, 7) is 2.42. The van der Waals surface area contributed by atoms with Gasteiger partial charge in [-0.15, -0.1) is 0 Å². The molecule has 24 heavy (non-hydrogen) atoms. The van der Waals surface area contributed by atoms with Crippen LogP contribution in [0.4, 0.5) is 10.2 Å². The van der Waals surface area contributed by atoms with Crippen molar-refractivity contribution in [2.75, 3.05) is 5.32 Å². The Morgan fingerprint density at radius 1 is 1.17 bits per heavy atom. The van der Waals surface area contributed by atoms with Crippen LogP contribution < -0.4 is 5.32 Å². The fourth-order valence-electron chi connectivity index (χ4n) is 2.28. The topological polar surface area (TPSA) is 46.9 Å². The number of carbonyl (C=O) groups excluding carboxylic acids is 1. The van der Waals surface area contributed by atoms with Crippen LogP contribution >= 0.6 is 15.9 Å². The molecule has 2 aromatic carbocycles. The molecule has 1 N–H and O–H groups in total. The summed E-state index contributed by atoms with van der Waals surface area (Å²) in [5, 5.41) is 7.18. The SMILES string of the molecule is Cc1cc(NC(=O)c2ccc(Br)cc2)nn1Cc1ccc(F)cc1. The molecule has 1 aromatic heterocycles. The number of amides is 1. The number of nitrogens with one attached hydrogen (secondary N) is 1. The first-order valence-electron chi connectivity index (χ1n) is 7.37. The van der Waals surface area contributed by atoms with Gasteiger partial charge in [0.25, 0.3) is 5.91 Å². The first kappa shape index (κ1) is 16.4. The van der Waals surface area contributed by atoms with Crippen molar-refractivity contribution in [3.63, 3.8) is 0 Å². The van der Waals surface area contributed by atoms with Gasteiger partial charge in [-0.05, 0) is 48.9 Å². The molecule has 0 spiro atoms. The normalized spacial score (nSPS) is 10.6. The number of aryl methyl sites for hydroxylation is 1. The molecule has 0 radical (unpaired) electrons. The van der Waals surface area contributed by atoms with E-state index < -0.39 is 0 Å². The van der Waals surface area contributed by atoms with Crippen LogP contribution in [0.5, 0.6) is 0 Å². The number of hydrogen-bond donors (Lipinski definition) is 1. The summed E-state index contributed by atoms with van der Waals surface area (Å²) >= 11 is 3.34. The van der Waals surface area contributed by atoms with Crippen LogP contribution in [0.2, 0.25) is 0 Å². The molecule has 0 saturated carbocycles. The molecule has 0 bridgehead atoms. The average molecular weight is 388 g/mol. The Morgan fingerprint density at radius 2 is 1.83 bits per heavy atom. The van der Waals surface area contributed by atoms with E-state index in [1.807, 2.05) is 19.1 Å². The molecule has 0 saturated heterocycles. The van der Waals surface area contributed by atoms with Crippen molar-refractivity contribution in [2.45, 2.75) is 13.5 Å². The van der Waals surface area contributed by atoms with Crippen LogP contribution in [0.25, 0.3) is 0 Å². The smallest absolute Gasteiger partial charge is 0.256 e. The van der Waals surface area contributed by atoms with Gasteiger partial charge in [-0.25, -0.2) is 4.39 Å². The number of aromatic nitrogens is 2. The highest BCUT2D eigenvalue weighted by atomic mass is 79.9. The minimum Gasteiger partial charge on any atom is -0.305 e. The minimum atomic E-state index is -0.265. The van der Waals surface area contributed by atoms with E-state index in [1.165, 1.54) is 12.1 Å². The summed E-state index contributed by atoms with van der Waals surface area (Å²) in [5.41, 5.74) is 2.41. The number of benzene rings is 2. The van der Waals surface area contributed by atoms with Gasteiger partial charge in [0.15, 0.2) is 5.82 Å². The molecule has 6 heteroatoms. The lowest BCUT2D eigenvalue weighted by Crippen LogP contribution is -2.12. The van der Waals surface area contributed by atoms with Gasteiger partial charge >= 0.3 is 0 Å². The molecule has 4 nitrogen and oxygen atoms in total. The molecule has 3 aromatic rings. The summed E-state index contributed by atoms with van der Waals surface area (Å²) < 4.78 is 15.6. The second-order valence-corrected chi connectivity index (χ2v) is 6.33. The van der Waals surface area contributed by atoms with Gasteiger partial charge in [0.05, 0.1) is 6.54 Å². The Labute approximate surface area is 147 Å². The summed E-state index contributed by atoms with van der Waals surface area (Å²) in [6, 6.07) is 15.2. The van der Waals surface area contributed by atoms with Gasteiger partial charge < -0.3 is 5.32 Å². The van der Waals surface area contributed by atoms with Crippen molar-refractivity contribution < 1.29 is 9.18 Å². The number of rotatable bonds is 4. The van der Waals surface area contributed by atoms with E-state index in [2.05, 4.69) is 26.3 Å². The van der Waals surface area contributed by atoms with Crippen molar-refractivity contribution in [3.05, 3.63) is 81.7 Å². The van der Waals surface area contributed by atoms with E-state index in [0.717, 1.165) is 15.7 Å². The summed E-state index contributed by atoms with van der Waals surface area (Å²) in [5.74, 6) is 0.00912. The Kier molecular flexibility index (Phi) is 4.76. The van der Waals surface area contributed by atoms with E-state index >= 15 is 0 Å². The molecule has 1 heterocycles. The van der Waals surface area contributed by atoms with Crippen molar-refractivity contribution in [2.24, 2.45) is 0 Å². The number of anilines is 1. The Morgan fingerprint density at radius 3 is 2.50 bits per heavy atom. The van der Waals surface area contributed by atoms with Crippen molar-refractivity contribution in [1.29, 1.82) is 0 Å². The van der Waals surface area contributed by atoms with Gasteiger partial charge in [0.2, 0.25) is 0 Å². The standard InChI is InChI=1S/C18H15BrFN3O/c1-12-10-17(21-18(24)14-4-6-15(19)7-5-14)22-23(12)11-13-2-8-16(20)9-3-13/h2-10H,11H2,1H3,(H,21,22,24). The first-order chi connectivity index (χ1) is 11.5. The highest BCUT2D eigenvalue weighted by Gasteiger charge is 2.10. The van der Waals surface area contributed by atoms with Gasteiger partial charge in [0, 0.05) is 21.8 Å². The molecule has 0 aliphatic rings. The maximum absolute atomic E-state index is 13.0. The summed E-state index contributed by atoms with van der Waals surface area (Å²) in [6.07, 6.45) is 0. The van der Waals surface area contributed by atoms with Crippen LogP contribution in [-0.2, 0) is 6.54 Å². The Hall–Kier alpha value is -2.47. The summed E-state index contributed by atoms with van der Waals surface area (Å²) in [4.78, 5) is 12.2. The van der Waals surface area contributed by atoms with E-state index in [1.54, 1.807) is 35.0 Å². The molecule has 3 rings (SSSR count). The molecular formula is C18H15BrFN3O. The molecule has 0 unspecified atom stereocenters. The average Bonchev–Trinajstić information content (AvgIpc) is 2.89. The monoisotopic (exact) mass is 387 g/mol. The van der Waals surface area contributed by atoms with Crippen molar-refractivity contribution in [1.82, 2.24) is 9.78 Å². The van der Waals surface area contributed by atoms with Gasteiger partial charge in [-0.3, -0.25) is 9.48 Å². The van der Waals surface area contributed by atoms with E-state index in [-0.39, 0.29) is 11.7 Å². The number of hydrogen-bond acceptors (Lipinski definition) is 2. The second kappa shape index (κ2) is 6.97. The molecule has 0 fully saturated rings. The van der Waals surface area contributed by atoms with Crippen LogP contribution in [0.3, 0.4) is 0 Å². The third-order valence-corrected chi connectivity index (χ3v) is 4.10. The fourth-order valence-corrected chi connectivity index (χ4v) is 2.55. The highest BCUT2D eigenvalue weighted by molar-refractivity contribution is 9.10. The van der Waals surface area contributed by atoms with E-state index in [4.69, 9.17) is 0 Å². The third kappa shape index (κ3) is 3.89. The maximum atomic E-state index is 13.0. The largest absolute Gasteiger partial charge is 0.305 e. The van der Waals surface area contributed by atoms with Crippen LogP contribution in [-0.4, -0.2) is 15.7 Å². The molecule has 0 atom stereocenters. The van der Waals surface area contributed by atoms with Crippen LogP contribution in [0.1, 0.15) is 21.6 Å². The lowest BCUT2D eigenvalue weighted by molar-refractivity contribution is 0.102. The van der Waals surface area contributed by atoms with E-state index in [9.17, 15) is 9.18 Å². The van der Waals surface area contributed by atoms with Crippen molar-refractivity contribution in [3.8, 4) is 0 Å². The van der Waals surface area contributed by atoms with E-state index in [0.29, 0.717) is 17.9 Å². The lowest BCUT2D eigenvalue weighted by atomic mass is 10.2. The molecule has 0 aliphatic carbocycles. The zero-order chi connectivity index (χ0) is 17.1.